The monoisotopic (exact) mass is 375 g/mol. The Morgan fingerprint density at radius 1 is 1.11 bits per heavy atom. The molecule has 0 amide bonds. The molecule has 1 aliphatic rings. The van der Waals surface area contributed by atoms with Crippen molar-refractivity contribution in [2.45, 2.75) is 77.3 Å². The van der Waals surface area contributed by atoms with Gasteiger partial charge in [-0.05, 0) is 50.6 Å². The van der Waals surface area contributed by atoms with Gasteiger partial charge in [-0.1, -0.05) is 26.2 Å². The molecule has 3 rings (SSSR count). The van der Waals surface area contributed by atoms with E-state index in [9.17, 15) is 4.39 Å². The average Bonchev–Trinajstić information content (AvgIpc) is 3.08. The molecule has 0 aromatic carbocycles. The number of aryl methyl sites for hydroxylation is 2. The van der Waals surface area contributed by atoms with Crippen LogP contribution in [0.25, 0.3) is 11.0 Å². The third-order valence-corrected chi connectivity index (χ3v) is 5.62. The van der Waals surface area contributed by atoms with Crippen LogP contribution in [0.2, 0.25) is 0 Å². The van der Waals surface area contributed by atoms with Crippen molar-refractivity contribution in [1.29, 1.82) is 0 Å². The van der Waals surface area contributed by atoms with Crippen LogP contribution < -0.4 is 5.73 Å². The van der Waals surface area contributed by atoms with Crippen molar-refractivity contribution in [2.75, 3.05) is 25.4 Å². The van der Waals surface area contributed by atoms with E-state index < -0.39 is 6.17 Å². The number of rotatable bonds is 10. The highest BCUT2D eigenvalue weighted by atomic mass is 19.1. The van der Waals surface area contributed by atoms with Gasteiger partial charge in [-0.2, -0.15) is 0 Å². The molecule has 27 heavy (non-hydrogen) atoms. The third kappa shape index (κ3) is 5.64. The Hall–Kier alpha value is -1.69. The first kappa shape index (κ1) is 20.1. The Balaban J connectivity index is 1.42. The number of H-pyrrole nitrogens is 1. The number of nitrogens with two attached hydrogens (primary N) is 1. The Morgan fingerprint density at radius 2 is 1.89 bits per heavy atom. The summed E-state index contributed by atoms with van der Waals surface area (Å²) in [6.45, 7) is 5.15. The zero-order chi connectivity index (χ0) is 19.1. The topological polar surface area (TPSA) is 70.8 Å². The second-order valence-corrected chi connectivity index (χ2v) is 7.85. The summed E-state index contributed by atoms with van der Waals surface area (Å²) in [5.74, 6) is 1.43. The van der Waals surface area contributed by atoms with Crippen molar-refractivity contribution < 1.29 is 4.39 Å². The molecule has 0 bridgehead atoms. The molecule has 0 unspecified atom stereocenters. The fourth-order valence-corrected chi connectivity index (χ4v) is 3.90. The molecule has 150 valence electrons. The number of hydrogen-bond donors (Lipinski definition) is 2. The summed E-state index contributed by atoms with van der Waals surface area (Å²) >= 11 is 0. The molecule has 2 aromatic rings. The lowest BCUT2D eigenvalue weighted by atomic mass is 10.1. The molecule has 1 fully saturated rings. The maximum atomic E-state index is 13.2. The molecule has 1 aliphatic heterocycles. The number of nitrogens with zero attached hydrogens (tertiary/aromatic N) is 3. The summed E-state index contributed by atoms with van der Waals surface area (Å²) < 4.78 is 13.2. The van der Waals surface area contributed by atoms with Crippen LogP contribution in [0.5, 0.6) is 0 Å². The van der Waals surface area contributed by atoms with Crippen molar-refractivity contribution in [1.82, 2.24) is 19.9 Å². The quantitative estimate of drug-likeness (QED) is 0.603. The first-order valence-corrected chi connectivity index (χ1v) is 10.7. The Kier molecular flexibility index (Phi) is 7.44. The van der Waals surface area contributed by atoms with E-state index in [0.29, 0.717) is 18.7 Å². The fraction of sp³-hybridized carbons (Fsp3) is 0.714. The number of aromatic nitrogens is 3. The van der Waals surface area contributed by atoms with E-state index in [0.717, 1.165) is 68.6 Å². The van der Waals surface area contributed by atoms with Crippen LogP contribution in [0.3, 0.4) is 0 Å². The molecule has 0 radical (unpaired) electrons. The molecule has 0 atom stereocenters. The predicted molar refractivity (Wildman–Crippen MR) is 110 cm³/mol. The molecular formula is C21H34FN5. The van der Waals surface area contributed by atoms with Crippen molar-refractivity contribution in [3.05, 3.63) is 17.6 Å². The number of likely N-dealkylation sites (tertiary alicyclic amines) is 1. The highest BCUT2D eigenvalue weighted by Crippen LogP contribution is 2.23. The molecule has 0 aliphatic carbocycles. The van der Waals surface area contributed by atoms with E-state index in [1.807, 2.05) is 6.20 Å². The van der Waals surface area contributed by atoms with Gasteiger partial charge in [0.1, 0.15) is 17.5 Å². The maximum Gasteiger partial charge on any atom is 0.151 e. The minimum absolute atomic E-state index is 0.564. The Labute approximate surface area is 161 Å². The normalized spacial score (nSPS) is 16.4. The van der Waals surface area contributed by atoms with Crippen molar-refractivity contribution in [2.24, 2.45) is 0 Å². The number of nitrogen functional groups attached to an aromatic ring is 1. The highest BCUT2D eigenvalue weighted by Gasteiger charge is 2.17. The summed E-state index contributed by atoms with van der Waals surface area (Å²) in [4.78, 5) is 14.8. The fourth-order valence-electron chi connectivity index (χ4n) is 3.90. The summed E-state index contributed by atoms with van der Waals surface area (Å²) in [5, 5.41) is 0. The standard InChI is InChI=1S/C21H34FN5/c1-2-3-9-18-25-19-16(15-24-20(19)21(23)26-18)8-6-4-5-7-12-27-13-10-17(22)11-14-27/h15,17,24H,2-14H2,1H3,(H2,23,25,26). The van der Waals surface area contributed by atoms with Gasteiger partial charge in [-0.25, -0.2) is 14.4 Å². The predicted octanol–water partition coefficient (Wildman–Crippen LogP) is 4.42. The Bertz CT molecular complexity index is 706. The molecule has 2 aromatic heterocycles. The van der Waals surface area contributed by atoms with Gasteiger partial charge >= 0.3 is 0 Å². The minimum atomic E-state index is -0.572. The van der Waals surface area contributed by atoms with Gasteiger partial charge in [0.15, 0.2) is 5.82 Å². The van der Waals surface area contributed by atoms with Gasteiger partial charge in [-0.3, -0.25) is 0 Å². The second-order valence-electron chi connectivity index (χ2n) is 7.85. The largest absolute Gasteiger partial charge is 0.382 e. The summed E-state index contributed by atoms with van der Waals surface area (Å²) in [5.41, 5.74) is 9.24. The zero-order valence-corrected chi connectivity index (χ0v) is 16.6. The number of nitrogens with one attached hydrogen (secondary N) is 1. The summed E-state index contributed by atoms with van der Waals surface area (Å²) in [6.07, 6.45) is 11.9. The van der Waals surface area contributed by atoms with Gasteiger partial charge in [0.05, 0.1) is 5.52 Å². The number of hydrogen-bond acceptors (Lipinski definition) is 4. The van der Waals surface area contributed by atoms with E-state index in [1.165, 1.54) is 24.8 Å². The zero-order valence-electron chi connectivity index (χ0n) is 16.6. The van der Waals surface area contributed by atoms with E-state index >= 15 is 0 Å². The van der Waals surface area contributed by atoms with Crippen LogP contribution in [-0.4, -0.2) is 45.7 Å². The molecular weight excluding hydrogens is 341 g/mol. The average molecular weight is 376 g/mol. The number of halogens is 1. The second kappa shape index (κ2) is 10.0. The maximum absolute atomic E-state index is 13.2. The third-order valence-electron chi connectivity index (χ3n) is 5.62. The molecule has 5 nitrogen and oxygen atoms in total. The van der Waals surface area contributed by atoms with Gasteiger partial charge < -0.3 is 15.6 Å². The number of anilines is 1. The first-order valence-electron chi connectivity index (χ1n) is 10.7. The lowest BCUT2D eigenvalue weighted by Crippen LogP contribution is -2.35. The van der Waals surface area contributed by atoms with E-state index in [-0.39, 0.29) is 0 Å². The number of unbranched alkanes of at least 4 members (excludes halogenated alkanes) is 4. The molecule has 1 saturated heterocycles. The number of alkyl halides is 1. The van der Waals surface area contributed by atoms with Crippen LogP contribution in [0.15, 0.2) is 6.20 Å². The van der Waals surface area contributed by atoms with Crippen molar-refractivity contribution in [3.63, 3.8) is 0 Å². The minimum Gasteiger partial charge on any atom is -0.382 e. The number of piperidine rings is 1. The lowest BCUT2D eigenvalue weighted by Gasteiger charge is -2.28. The van der Waals surface area contributed by atoms with Crippen molar-refractivity contribution in [3.8, 4) is 0 Å². The number of aromatic amines is 1. The summed E-state index contributed by atoms with van der Waals surface area (Å²) in [7, 11) is 0. The highest BCUT2D eigenvalue weighted by molar-refractivity contribution is 5.87. The van der Waals surface area contributed by atoms with E-state index in [4.69, 9.17) is 10.7 Å². The lowest BCUT2D eigenvalue weighted by molar-refractivity contribution is 0.149. The van der Waals surface area contributed by atoms with Crippen LogP contribution in [0, 0.1) is 0 Å². The van der Waals surface area contributed by atoms with Crippen molar-refractivity contribution >= 4 is 16.9 Å². The SMILES string of the molecule is CCCCc1nc(N)c2[nH]cc(CCCCCCN3CCC(F)CC3)c2n1. The van der Waals surface area contributed by atoms with Gasteiger partial charge in [0.2, 0.25) is 0 Å². The smallest absolute Gasteiger partial charge is 0.151 e. The van der Waals surface area contributed by atoms with Crippen LogP contribution >= 0.6 is 0 Å². The summed E-state index contributed by atoms with van der Waals surface area (Å²) in [6, 6.07) is 0. The van der Waals surface area contributed by atoms with E-state index in [1.54, 1.807) is 0 Å². The molecule has 0 saturated carbocycles. The van der Waals surface area contributed by atoms with Gasteiger partial charge in [0.25, 0.3) is 0 Å². The molecule has 3 N–H and O–H groups in total. The first-order chi connectivity index (χ1) is 13.2. The van der Waals surface area contributed by atoms with Crippen LogP contribution in [0.4, 0.5) is 10.2 Å². The van der Waals surface area contributed by atoms with Crippen LogP contribution in [0.1, 0.15) is 69.7 Å². The van der Waals surface area contributed by atoms with Gasteiger partial charge in [-0.15, -0.1) is 0 Å². The Morgan fingerprint density at radius 3 is 2.67 bits per heavy atom. The number of fused-ring (bicyclic) bond motifs is 1. The van der Waals surface area contributed by atoms with Crippen LogP contribution in [-0.2, 0) is 12.8 Å². The van der Waals surface area contributed by atoms with E-state index in [2.05, 4.69) is 21.8 Å². The molecule has 6 heteroatoms. The molecule has 0 spiro atoms. The molecule has 3 heterocycles. The van der Waals surface area contributed by atoms with Gasteiger partial charge in [0, 0.05) is 25.7 Å².